The van der Waals surface area contributed by atoms with Gasteiger partial charge in [0.05, 0.1) is 27.7 Å². The van der Waals surface area contributed by atoms with E-state index in [1.54, 1.807) is 23.0 Å². The van der Waals surface area contributed by atoms with Gasteiger partial charge in [-0.1, -0.05) is 12.1 Å². The molecular formula is C12H12BrN3O3. The number of nitro groups is 1. The zero-order valence-corrected chi connectivity index (χ0v) is 11.7. The van der Waals surface area contributed by atoms with E-state index < -0.39 is 11.0 Å². The molecule has 1 heterocycles. The van der Waals surface area contributed by atoms with Crippen LogP contribution >= 0.6 is 15.9 Å². The van der Waals surface area contributed by atoms with Gasteiger partial charge in [0, 0.05) is 18.3 Å². The zero-order valence-electron chi connectivity index (χ0n) is 10.2. The van der Waals surface area contributed by atoms with Crippen molar-refractivity contribution in [2.75, 3.05) is 0 Å². The number of hydrogen-bond donors (Lipinski definition) is 1. The maximum atomic E-state index is 10.7. The number of aromatic nitrogens is 2. The Hall–Kier alpha value is -1.73. The Balaban J connectivity index is 2.17. The molecule has 0 unspecified atom stereocenters. The monoisotopic (exact) mass is 325 g/mol. The molecule has 0 aliphatic carbocycles. The molecule has 0 saturated heterocycles. The molecule has 1 aromatic carbocycles. The van der Waals surface area contributed by atoms with E-state index in [-0.39, 0.29) is 12.2 Å². The highest BCUT2D eigenvalue weighted by Gasteiger charge is 2.14. The lowest BCUT2D eigenvalue weighted by Gasteiger charge is -2.10. The third kappa shape index (κ3) is 3.18. The number of aliphatic hydroxyl groups is 1. The Morgan fingerprint density at radius 1 is 1.58 bits per heavy atom. The Morgan fingerprint density at radius 3 is 2.89 bits per heavy atom. The average Bonchev–Trinajstić information content (AvgIpc) is 2.68. The second-order valence-corrected chi connectivity index (χ2v) is 5.01. The smallest absolute Gasteiger partial charge is 0.269 e. The van der Waals surface area contributed by atoms with Crippen molar-refractivity contribution in [2.24, 2.45) is 0 Å². The van der Waals surface area contributed by atoms with E-state index in [1.807, 2.05) is 6.92 Å². The van der Waals surface area contributed by atoms with Crippen LogP contribution in [-0.4, -0.2) is 19.8 Å². The number of halogens is 1. The molecule has 7 heteroatoms. The van der Waals surface area contributed by atoms with Crippen molar-refractivity contribution in [3.05, 3.63) is 56.3 Å². The van der Waals surface area contributed by atoms with Crippen LogP contribution in [0, 0.1) is 17.0 Å². The summed E-state index contributed by atoms with van der Waals surface area (Å²) in [6.45, 7) is 2.09. The van der Waals surface area contributed by atoms with Crippen molar-refractivity contribution in [3.8, 4) is 0 Å². The first-order chi connectivity index (χ1) is 8.97. The van der Waals surface area contributed by atoms with Crippen molar-refractivity contribution in [2.45, 2.75) is 19.6 Å². The number of nitrogens with zero attached hydrogens (tertiary/aromatic N) is 3. The summed E-state index contributed by atoms with van der Waals surface area (Å²) in [6, 6.07) is 5.98. The molecule has 6 nitrogen and oxygen atoms in total. The van der Waals surface area contributed by atoms with Gasteiger partial charge in [-0.3, -0.25) is 14.8 Å². The van der Waals surface area contributed by atoms with E-state index in [1.165, 1.54) is 12.1 Å². The van der Waals surface area contributed by atoms with Gasteiger partial charge in [-0.25, -0.2) is 0 Å². The lowest BCUT2D eigenvalue weighted by atomic mass is 10.1. The molecule has 1 atom stereocenters. The van der Waals surface area contributed by atoms with Crippen molar-refractivity contribution >= 4 is 21.6 Å². The minimum Gasteiger partial charge on any atom is -0.386 e. The summed E-state index contributed by atoms with van der Waals surface area (Å²) < 4.78 is 2.46. The summed E-state index contributed by atoms with van der Waals surface area (Å²) in [4.78, 5) is 10.2. The standard InChI is InChI=1S/C12H12BrN3O3/c1-8-11(13)6-15(14-8)7-12(17)9-3-2-4-10(5-9)16(18)19/h2-6,12,17H,7H2,1H3/t12-/m1/s1. The van der Waals surface area contributed by atoms with Crippen molar-refractivity contribution in [1.82, 2.24) is 9.78 Å². The lowest BCUT2D eigenvalue weighted by Crippen LogP contribution is -2.09. The van der Waals surface area contributed by atoms with Crippen LogP contribution in [0.25, 0.3) is 0 Å². The van der Waals surface area contributed by atoms with E-state index in [9.17, 15) is 15.2 Å². The van der Waals surface area contributed by atoms with Gasteiger partial charge in [-0.2, -0.15) is 5.10 Å². The van der Waals surface area contributed by atoms with Crippen molar-refractivity contribution in [1.29, 1.82) is 0 Å². The van der Waals surface area contributed by atoms with Crippen LogP contribution in [-0.2, 0) is 6.54 Å². The number of non-ortho nitro benzene ring substituents is 1. The molecule has 100 valence electrons. The van der Waals surface area contributed by atoms with Gasteiger partial charge in [0.15, 0.2) is 0 Å². The van der Waals surface area contributed by atoms with Crippen molar-refractivity contribution in [3.63, 3.8) is 0 Å². The SMILES string of the molecule is Cc1nn(C[C@@H](O)c2cccc([N+](=O)[O-])c2)cc1Br. The molecule has 0 spiro atoms. The van der Waals surface area contributed by atoms with Crippen LogP contribution in [0.2, 0.25) is 0 Å². The molecule has 2 rings (SSSR count). The lowest BCUT2D eigenvalue weighted by molar-refractivity contribution is -0.385. The normalized spacial score (nSPS) is 12.4. The van der Waals surface area contributed by atoms with Crippen LogP contribution in [0.1, 0.15) is 17.4 Å². The fourth-order valence-corrected chi connectivity index (χ4v) is 2.03. The van der Waals surface area contributed by atoms with Gasteiger partial charge in [0.25, 0.3) is 5.69 Å². The molecule has 0 aliphatic heterocycles. The quantitative estimate of drug-likeness (QED) is 0.692. The van der Waals surface area contributed by atoms with Crippen LogP contribution in [0.4, 0.5) is 5.69 Å². The van der Waals surface area contributed by atoms with Crippen LogP contribution in [0.15, 0.2) is 34.9 Å². The maximum Gasteiger partial charge on any atom is 0.269 e. The highest BCUT2D eigenvalue weighted by molar-refractivity contribution is 9.10. The third-order valence-corrected chi connectivity index (χ3v) is 3.49. The molecule has 0 radical (unpaired) electrons. The van der Waals surface area contributed by atoms with E-state index in [0.717, 1.165) is 10.2 Å². The summed E-state index contributed by atoms with van der Waals surface area (Å²) in [6.07, 6.45) is 0.918. The number of rotatable bonds is 4. The first-order valence-electron chi connectivity index (χ1n) is 5.59. The number of aryl methyl sites for hydroxylation is 1. The van der Waals surface area contributed by atoms with Crippen LogP contribution < -0.4 is 0 Å². The number of benzene rings is 1. The molecule has 2 aromatic rings. The van der Waals surface area contributed by atoms with E-state index in [2.05, 4.69) is 21.0 Å². The second-order valence-electron chi connectivity index (χ2n) is 4.15. The van der Waals surface area contributed by atoms with Crippen molar-refractivity contribution < 1.29 is 10.0 Å². The van der Waals surface area contributed by atoms with Gasteiger partial charge in [-0.05, 0) is 28.4 Å². The Kier molecular flexibility index (Phi) is 3.96. The minimum absolute atomic E-state index is 0.0330. The van der Waals surface area contributed by atoms with Gasteiger partial charge < -0.3 is 5.11 Å². The minimum atomic E-state index is -0.842. The molecule has 1 aromatic heterocycles. The molecule has 1 N–H and O–H groups in total. The largest absolute Gasteiger partial charge is 0.386 e. The summed E-state index contributed by atoms with van der Waals surface area (Å²) in [5.41, 5.74) is 1.29. The van der Waals surface area contributed by atoms with Crippen LogP contribution in [0.3, 0.4) is 0 Å². The maximum absolute atomic E-state index is 10.7. The van der Waals surface area contributed by atoms with Gasteiger partial charge in [-0.15, -0.1) is 0 Å². The summed E-state index contributed by atoms with van der Waals surface area (Å²) in [5.74, 6) is 0. The fraction of sp³-hybridized carbons (Fsp3) is 0.250. The second kappa shape index (κ2) is 5.50. The first kappa shape index (κ1) is 13.7. The molecule has 0 aliphatic rings. The summed E-state index contributed by atoms with van der Waals surface area (Å²) >= 11 is 3.34. The Bertz CT molecular complexity index is 593. The highest BCUT2D eigenvalue weighted by Crippen LogP contribution is 2.21. The average molecular weight is 326 g/mol. The summed E-state index contributed by atoms with van der Waals surface area (Å²) in [5, 5.41) is 25.0. The molecule has 19 heavy (non-hydrogen) atoms. The number of hydrogen-bond acceptors (Lipinski definition) is 4. The molecule has 0 saturated carbocycles. The third-order valence-electron chi connectivity index (χ3n) is 2.71. The van der Waals surface area contributed by atoms with Crippen LogP contribution in [0.5, 0.6) is 0 Å². The highest BCUT2D eigenvalue weighted by atomic mass is 79.9. The van der Waals surface area contributed by atoms with E-state index >= 15 is 0 Å². The molecule has 0 bridgehead atoms. The number of aliphatic hydroxyl groups excluding tert-OH is 1. The molecule has 0 fully saturated rings. The van der Waals surface area contributed by atoms with E-state index in [4.69, 9.17) is 0 Å². The molecular weight excluding hydrogens is 314 g/mol. The van der Waals surface area contributed by atoms with Gasteiger partial charge in [0.2, 0.25) is 0 Å². The zero-order chi connectivity index (χ0) is 14.0. The number of nitro benzene ring substituents is 1. The van der Waals surface area contributed by atoms with Gasteiger partial charge >= 0.3 is 0 Å². The van der Waals surface area contributed by atoms with E-state index in [0.29, 0.717) is 5.56 Å². The topological polar surface area (TPSA) is 81.2 Å². The fourth-order valence-electron chi connectivity index (χ4n) is 1.72. The Morgan fingerprint density at radius 2 is 2.32 bits per heavy atom. The predicted molar refractivity (Wildman–Crippen MR) is 72.7 cm³/mol. The van der Waals surface area contributed by atoms with Gasteiger partial charge in [0.1, 0.15) is 0 Å². The first-order valence-corrected chi connectivity index (χ1v) is 6.38. The Labute approximate surface area is 118 Å². The summed E-state index contributed by atoms with van der Waals surface area (Å²) in [7, 11) is 0. The molecule has 0 amide bonds. The predicted octanol–water partition coefficient (Wildman–Crippen LogP) is 2.60.